The van der Waals surface area contributed by atoms with Gasteiger partial charge in [-0.05, 0) is 132 Å². The van der Waals surface area contributed by atoms with Gasteiger partial charge in [-0.3, -0.25) is 9.80 Å². The van der Waals surface area contributed by atoms with E-state index in [9.17, 15) is 0 Å². The summed E-state index contributed by atoms with van der Waals surface area (Å²) in [4.78, 5) is 19.4. The third kappa shape index (κ3) is 5.87. The molecule has 0 saturated carbocycles. The molecule has 0 spiro atoms. The van der Waals surface area contributed by atoms with Crippen LogP contribution in [0.15, 0.2) is 152 Å². The molecule has 5 nitrogen and oxygen atoms in total. The Balaban J connectivity index is 1.29. The van der Waals surface area contributed by atoms with Crippen LogP contribution in [0.2, 0.25) is 0 Å². The fourth-order valence-corrected chi connectivity index (χ4v) is 9.16. The van der Waals surface area contributed by atoms with Crippen molar-refractivity contribution in [3.8, 4) is 22.3 Å². The molecule has 0 bridgehead atoms. The van der Waals surface area contributed by atoms with Crippen molar-refractivity contribution < 1.29 is 9.53 Å². The van der Waals surface area contributed by atoms with E-state index < -0.39 is 11.7 Å². The minimum absolute atomic E-state index is 0.205. The number of aromatic nitrogens is 1. The number of rotatable bonds is 6. The van der Waals surface area contributed by atoms with Crippen LogP contribution in [0.1, 0.15) is 76.3 Å². The van der Waals surface area contributed by atoms with E-state index >= 15 is 4.79 Å². The summed E-state index contributed by atoms with van der Waals surface area (Å²) in [5.41, 5.74) is 13.7. The highest BCUT2D eigenvalue weighted by Crippen LogP contribution is 2.53. The van der Waals surface area contributed by atoms with Gasteiger partial charge in [-0.2, -0.15) is 0 Å². The van der Waals surface area contributed by atoms with Crippen molar-refractivity contribution in [2.45, 2.75) is 71.8 Å². The highest BCUT2D eigenvalue weighted by atomic mass is 16.6. The van der Waals surface area contributed by atoms with Gasteiger partial charge in [-0.25, -0.2) is 9.36 Å². The summed E-state index contributed by atoms with van der Waals surface area (Å²) < 4.78 is 8.11. The average Bonchev–Trinajstić information content (AvgIpc) is 3.73. The van der Waals surface area contributed by atoms with Crippen molar-refractivity contribution in [1.29, 1.82) is 0 Å². The van der Waals surface area contributed by atoms with E-state index in [1.165, 1.54) is 44.5 Å². The number of hydrogen-bond donors (Lipinski definition) is 0. The second-order valence-electron chi connectivity index (χ2n) is 17.5. The van der Waals surface area contributed by atoms with Crippen LogP contribution in [-0.4, -0.2) is 16.3 Å². The Hall–Kier alpha value is -6.33. The van der Waals surface area contributed by atoms with Crippen LogP contribution in [0.5, 0.6) is 0 Å². The summed E-state index contributed by atoms with van der Waals surface area (Å²) in [7, 11) is 0. The zero-order chi connectivity index (χ0) is 39.9. The number of anilines is 6. The quantitative estimate of drug-likeness (QED) is 0.170. The fraction of sp³-hybridized carbons (Fsp3) is 0.212. The van der Waals surface area contributed by atoms with Crippen molar-refractivity contribution in [1.82, 2.24) is 4.57 Å². The number of carbonyl (C=O) groups excluding carboxylic acids is 1. The summed E-state index contributed by atoms with van der Waals surface area (Å²) in [6.07, 6.45) is -0.453. The average molecular weight is 748 g/mol. The molecular weight excluding hydrogens is 699 g/mol. The molecule has 0 unspecified atom stereocenters. The molecule has 2 aliphatic carbocycles. The molecule has 9 rings (SSSR count). The number of para-hydroxylation sites is 2. The molecule has 0 amide bonds. The Labute approximate surface area is 336 Å². The summed E-state index contributed by atoms with van der Waals surface area (Å²) in [5.74, 6) is 1.40. The fourth-order valence-electron chi connectivity index (χ4n) is 9.16. The molecule has 0 radical (unpaired) electrons. The minimum atomic E-state index is -0.744. The lowest BCUT2D eigenvalue weighted by Gasteiger charge is -2.32. The lowest BCUT2D eigenvalue weighted by Crippen LogP contribution is -2.31. The zero-order valence-electron chi connectivity index (χ0n) is 34.1. The maximum absolute atomic E-state index is 15.0. The largest absolute Gasteiger partial charge is 0.443 e. The first-order valence-corrected chi connectivity index (χ1v) is 19.9. The molecule has 5 heteroatoms. The number of ether oxygens (including phenoxy) is 1. The van der Waals surface area contributed by atoms with E-state index in [-0.39, 0.29) is 10.8 Å². The van der Waals surface area contributed by atoms with Crippen LogP contribution in [0.3, 0.4) is 0 Å². The summed E-state index contributed by atoms with van der Waals surface area (Å²) in [6.45, 7) is 17.1. The van der Waals surface area contributed by atoms with Gasteiger partial charge in [0.1, 0.15) is 17.2 Å². The zero-order valence-corrected chi connectivity index (χ0v) is 34.1. The lowest BCUT2D eigenvalue weighted by atomic mass is 9.82. The van der Waals surface area contributed by atoms with Gasteiger partial charge in [0.05, 0.1) is 0 Å². The Bertz CT molecular complexity index is 2680. The predicted octanol–water partition coefficient (Wildman–Crippen LogP) is 14.1. The van der Waals surface area contributed by atoms with Gasteiger partial charge in [0.25, 0.3) is 0 Å². The molecule has 57 heavy (non-hydrogen) atoms. The van der Waals surface area contributed by atoms with Gasteiger partial charge in [-0.1, -0.05) is 125 Å². The molecule has 284 valence electrons. The summed E-state index contributed by atoms with van der Waals surface area (Å²) in [6, 6.07) is 53.7. The highest BCUT2D eigenvalue weighted by Gasteiger charge is 2.39. The van der Waals surface area contributed by atoms with E-state index in [0.717, 1.165) is 28.3 Å². The standard InChI is InChI=1S/C52H49N3O2/c1-34-31-47(53(35-19-11-9-12-20-35)37-27-29-41-39-23-15-17-25-43(39)51(5,6)45(41)32-37)55(49(56)57-50(2,3)4)48(34)54(36-21-13-10-14-22-36)38-28-30-42-40-24-16-18-26-44(40)52(7,8)46(42)33-38/h9-33H,1-8H3. The Morgan fingerprint density at radius 1 is 0.509 bits per heavy atom. The van der Waals surface area contributed by atoms with Gasteiger partial charge < -0.3 is 4.74 Å². The van der Waals surface area contributed by atoms with E-state index in [0.29, 0.717) is 11.6 Å². The van der Waals surface area contributed by atoms with E-state index in [4.69, 9.17) is 4.74 Å². The van der Waals surface area contributed by atoms with Gasteiger partial charge >= 0.3 is 6.09 Å². The second kappa shape index (κ2) is 13.1. The number of fused-ring (bicyclic) bond motifs is 6. The van der Waals surface area contributed by atoms with Gasteiger partial charge in [-0.15, -0.1) is 0 Å². The molecule has 0 saturated heterocycles. The lowest BCUT2D eigenvalue weighted by molar-refractivity contribution is 0.0543. The molecular formula is C52H49N3O2. The van der Waals surface area contributed by atoms with Crippen LogP contribution < -0.4 is 9.80 Å². The van der Waals surface area contributed by atoms with Crippen molar-refractivity contribution >= 4 is 40.5 Å². The molecule has 2 aliphatic rings. The molecule has 0 fully saturated rings. The molecule has 0 aliphatic heterocycles. The molecule has 1 aromatic heterocycles. The van der Waals surface area contributed by atoms with E-state index in [1.807, 2.05) is 57.2 Å². The van der Waals surface area contributed by atoms with Crippen molar-refractivity contribution in [3.63, 3.8) is 0 Å². The van der Waals surface area contributed by atoms with Crippen molar-refractivity contribution in [3.05, 3.63) is 179 Å². The topological polar surface area (TPSA) is 37.7 Å². The Morgan fingerprint density at radius 2 is 0.930 bits per heavy atom. The maximum atomic E-state index is 15.0. The molecule has 0 atom stereocenters. The third-order valence-electron chi connectivity index (χ3n) is 11.8. The first-order valence-electron chi connectivity index (χ1n) is 19.9. The smallest absolute Gasteiger partial charge is 0.421 e. The third-order valence-corrected chi connectivity index (χ3v) is 11.8. The maximum Gasteiger partial charge on any atom is 0.421 e. The number of carbonyl (C=O) groups is 1. The SMILES string of the molecule is Cc1cc(N(c2ccccc2)c2ccc3c(c2)C(C)(C)c2ccccc2-3)n(C(=O)OC(C)(C)C)c1N(c1ccccc1)c1ccc2c(c1)C(C)(C)c1ccccc1-2. The monoisotopic (exact) mass is 747 g/mol. The highest BCUT2D eigenvalue weighted by molar-refractivity contribution is 5.94. The normalized spacial score (nSPS) is 14.3. The number of aryl methyl sites for hydroxylation is 1. The Morgan fingerprint density at radius 3 is 1.42 bits per heavy atom. The predicted molar refractivity (Wildman–Crippen MR) is 235 cm³/mol. The number of nitrogens with zero attached hydrogens (tertiary/aromatic N) is 3. The summed E-state index contributed by atoms with van der Waals surface area (Å²) >= 11 is 0. The summed E-state index contributed by atoms with van der Waals surface area (Å²) in [5, 5.41) is 0. The number of benzene rings is 6. The van der Waals surface area contributed by atoms with Crippen molar-refractivity contribution in [2.24, 2.45) is 0 Å². The van der Waals surface area contributed by atoms with Crippen molar-refractivity contribution in [2.75, 3.05) is 9.80 Å². The number of hydrogen-bond acceptors (Lipinski definition) is 4. The molecule has 7 aromatic rings. The molecule has 6 aromatic carbocycles. The van der Waals surface area contributed by atoms with Crippen LogP contribution in [-0.2, 0) is 15.6 Å². The minimum Gasteiger partial charge on any atom is -0.443 e. The Kier molecular flexibility index (Phi) is 8.36. The van der Waals surface area contributed by atoms with E-state index in [1.54, 1.807) is 4.57 Å². The van der Waals surface area contributed by atoms with Gasteiger partial charge in [0.15, 0.2) is 0 Å². The van der Waals surface area contributed by atoms with Crippen LogP contribution in [0.25, 0.3) is 22.3 Å². The molecule has 0 N–H and O–H groups in total. The first-order chi connectivity index (χ1) is 27.3. The van der Waals surface area contributed by atoms with Crippen LogP contribution in [0.4, 0.5) is 39.2 Å². The second-order valence-corrected chi connectivity index (χ2v) is 17.5. The van der Waals surface area contributed by atoms with Crippen LogP contribution in [0, 0.1) is 6.92 Å². The van der Waals surface area contributed by atoms with Gasteiger partial charge in [0.2, 0.25) is 0 Å². The molecule has 1 heterocycles. The van der Waals surface area contributed by atoms with Gasteiger partial charge in [0, 0.05) is 33.6 Å². The van der Waals surface area contributed by atoms with E-state index in [2.05, 4.69) is 160 Å². The van der Waals surface area contributed by atoms with Crippen LogP contribution >= 0.6 is 0 Å². The first kappa shape index (κ1) is 36.3.